The number of rotatable bonds is 4. The van der Waals surface area contributed by atoms with Crippen LogP contribution in [-0.2, 0) is 6.42 Å². The molecule has 0 aliphatic rings. The average Bonchev–Trinajstić information content (AvgIpc) is 2.47. The quantitative estimate of drug-likeness (QED) is 0.724. The molecule has 0 fully saturated rings. The average molecular weight is 295 g/mol. The highest BCUT2D eigenvalue weighted by molar-refractivity contribution is 5.81. The first kappa shape index (κ1) is 14.3. The van der Waals surface area contributed by atoms with E-state index >= 15 is 0 Å². The van der Waals surface area contributed by atoms with Gasteiger partial charge in [0.05, 0.1) is 10.9 Å². The zero-order valence-electron chi connectivity index (χ0n) is 12.6. The van der Waals surface area contributed by atoms with E-state index in [2.05, 4.69) is 18.8 Å². The first-order chi connectivity index (χ1) is 10.6. The van der Waals surface area contributed by atoms with E-state index in [1.54, 1.807) is 18.2 Å². The summed E-state index contributed by atoms with van der Waals surface area (Å²) in [4.78, 5) is 16.6. The van der Waals surface area contributed by atoms with Gasteiger partial charge in [-0.2, -0.15) is 4.98 Å². The van der Waals surface area contributed by atoms with E-state index in [-0.39, 0.29) is 6.08 Å². The van der Waals surface area contributed by atoms with Crippen molar-refractivity contribution in [2.24, 2.45) is 5.92 Å². The highest BCUT2D eigenvalue weighted by Crippen LogP contribution is 2.22. The van der Waals surface area contributed by atoms with E-state index in [0.29, 0.717) is 22.6 Å². The summed E-state index contributed by atoms with van der Waals surface area (Å²) in [5, 5.41) is 0.539. The molecule has 4 heteroatoms. The van der Waals surface area contributed by atoms with Crippen LogP contribution in [-0.4, -0.2) is 4.98 Å². The molecule has 0 unspecified atom stereocenters. The molecule has 112 valence electrons. The summed E-state index contributed by atoms with van der Waals surface area (Å²) < 4.78 is 10.7. The third kappa shape index (κ3) is 3.01. The van der Waals surface area contributed by atoms with E-state index in [4.69, 9.17) is 9.15 Å². The van der Waals surface area contributed by atoms with Gasteiger partial charge in [-0.3, -0.25) is 0 Å². The lowest BCUT2D eigenvalue weighted by molar-refractivity contribution is 0.307. The fourth-order valence-corrected chi connectivity index (χ4v) is 2.41. The second kappa shape index (κ2) is 6.02. The molecule has 0 spiro atoms. The fourth-order valence-electron chi connectivity index (χ4n) is 2.41. The maximum atomic E-state index is 12.3. The highest BCUT2D eigenvalue weighted by Gasteiger charge is 2.12. The van der Waals surface area contributed by atoms with Crippen LogP contribution in [0, 0.1) is 5.92 Å². The Labute approximate surface area is 128 Å². The number of ether oxygens (including phenoxy) is 1. The molecule has 2 aromatic carbocycles. The van der Waals surface area contributed by atoms with Gasteiger partial charge in [-0.25, -0.2) is 4.79 Å². The molecule has 0 atom stereocenters. The standard InChI is InChI=1S/C18H17NO3/c1-12(2)11-13-7-6-10-15-16(13)17(20)22-18(19-15)21-14-8-4-3-5-9-14/h3-10,12H,11H2,1-2H3. The molecule has 22 heavy (non-hydrogen) atoms. The van der Waals surface area contributed by atoms with Crippen LogP contribution in [0.15, 0.2) is 57.7 Å². The second-order valence-electron chi connectivity index (χ2n) is 5.59. The molecule has 0 saturated heterocycles. The monoisotopic (exact) mass is 295 g/mol. The number of fused-ring (bicyclic) bond motifs is 1. The SMILES string of the molecule is CC(C)Cc1cccc2nc(Oc3ccccc3)oc(=O)c12. The van der Waals surface area contributed by atoms with Crippen molar-refractivity contribution in [3.8, 4) is 11.8 Å². The summed E-state index contributed by atoms with van der Waals surface area (Å²) in [5.74, 6) is 1.03. The Kier molecular flexibility index (Phi) is 3.92. The van der Waals surface area contributed by atoms with Gasteiger partial charge >= 0.3 is 11.7 Å². The third-order valence-corrected chi connectivity index (χ3v) is 3.30. The van der Waals surface area contributed by atoms with E-state index in [1.807, 2.05) is 30.3 Å². The van der Waals surface area contributed by atoms with E-state index in [1.165, 1.54) is 0 Å². The second-order valence-corrected chi connectivity index (χ2v) is 5.59. The molecule has 1 heterocycles. The van der Waals surface area contributed by atoms with Crippen LogP contribution in [0.25, 0.3) is 10.9 Å². The first-order valence-corrected chi connectivity index (χ1v) is 7.29. The van der Waals surface area contributed by atoms with Gasteiger partial charge in [0.25, 0.3) is 0 Å². The maximum absolute atomic E-state index is 12.3. The third-order valence-electron chi connectivity index (χ3n) is 3.30. The summed E-state index contributed by atoms with van der Waals surface area (Å²) in [6.07, 6.45) is 0.772. The van der Waals surface area contributed by atoms with Crippen LogP contribution in [0.2, 0.25) is 0 Å². The smallest absolute Gasteiger partial charge is 0.402 e. The minimum atomic E-state index is -0.410. The lowest BCUT2D eigenvalue weighted by Gasteiger charge is -2.08. The van der Waals surface area contributed by atoms with Crippen LogP contribution < -0.4 is 10.4 Å². The molecule has 0 bridgehead atoms. The Morgan fingerprint density at radius 3 is 2.59 bits per heavy atom. The van der Waals surface area contributed by atoms with Gasteiger partial charge in [0, 0.05) is 0 Å². The van der Waals surface area contributed by atoms with Crippen LogP contribution in [0.3, 0.4) is 0 Å². The molecule has 0 aliphatic carbocycles. The summed E-state index contributed by atoms with van der Waals surface area (Å²) in [6, 6.07) is 14.8. The summed E-state index contributed by atoms with van der Waals surface area (Å²) in [7, 11) is 0. The van der Waals surface area contributed by atoms with E-state index in [9.17, 15) is 4.79 Å². The van der Waals surface area contributed by atoms with Crippen molar-refractivity contribution < 1.29 is 9.15 Å². The van der Waals surface area contributed by atoms with Crippen molar-refractivity contribution >= 4 is 10.9 Å². The van der Waals surface area contributed by atoms with Crippen LogP contribution in [0.5, 0.6) is 11.8 Å². The molecule has 0 amide bonds. The minimum Gasteiger partial charge on any atom is -0.411 e. The van der Waals surface area contributed by atoms with Crippen molar-refractivity contribution in [1.29, 1.82) is 0 Å². The normalized spacial score (nSPS) is 11.0. The number of nitrogens with zero attached hydrogens (tertiary/aromatic N) is 1. The Hall–Kier alpha value is -2.62. The largest absolute Gasteiger partial charge is 0.411 e. The van der Waals surface area contributed by atoms with Crippen LogP contribution >= 0.6 is 0 Å². The minimum absolute atomic E-state index is 0.0367. The summed E-state index contributed by atoms with van der Waals surface area (Å²) in [5.41, 5.74) is 1.15. The lowest BCUT2D eigenvalue weighted by Crippen LogP contribution is -2.07. The lowest BCUT2D eigenvalue weighted by atomic mass is 10.00. The summed E-state index contributed by atoms with van der Waals surface area (Å²) >= 11 is 0. The topological polar surface area (TPSA) is 52.3 Å². The Morgan fingerprint density at radius 1 is 1.09 bits per heavy atom. The Morgan fingerprint density at radius 2 is 1.86 bits per heavy atom. The van der Waals surface area contributed by atoms with Crippen molar-refractivity contribution in [3.05, 3.63) is 64.5 Å². The fraction of sp³-hybridized carbons (Fsp3) is 0.222. The molecular weight excluding hydrogens is 278 g/mol. The molecule has 4 nitrogen and oxygen atoms in total. The van der Waals surface area contributed by atoms with Crippen LogP contribution in [0.1, 0.15) is 19.4 Å². The molecule has 0 radical (unpaired) electrons. The van der Waals surface area contributed by atoms with Gasteiger partial charge < -0.3 is 9.15 Å². The zero-order valence-corrected chi connectivity index (χ0v) is 12.6. The van der Waals surface area contributed by atoms with Crippen molar-refractivity contribution in [1.82, 2.24) is 4.98 Å². The van der Waals surface area contributed by atoms with Gasteiger partial charge in [0.1, 0.15) is 5.75 Å². The van der Waals surface area contributed by atoms with Gasteiger partial charge in [-0.05, 0) is 36.1 Å². The number of hydrogen-bond acceptors (Lipinski definition) is 4. The number of hydrogen-bond donors (Lipinski definition) is 0. The van der Waals surface area contributed by atoms with Crippen molar-refractivity contribution in [2.75, 3.05) is 0 Å². The van der Waals surface area contributed by atoms with Crippen molar-refractivity contribution in [2.45, 2.75) is 20.3 Å². The zero-order chi connectivity index (χ0) is 15.5. The van der Waals surface area contributed by atoms with E-state index in [0.717, 1.165) is 12.0 Å². The van der Waals surface area contributed by atoms with Crippen LogP contribution in [0.4, 0.5) is 0 Å². The predicted octanol–water partition coefficient (Wildman–Crippen LogP) is 4.18. The van der Waals surface area contributed by atoms with Gasteiger partial charge in [0.15, 0.2) is 0 Å². The summed E-state index contributed by atoms with van der Waals surface area (Å²) in [6.45, 7) is 4.22. The predicted molar refractivity (Wildman–Crippen MR) is 85.3 cm³/mol. The highest BCUT2D eigenvalue weighted by atomic mass is 16.6. The molecule has 1 aromatic heterocycles. The Bertz CT molecular complexity index is 838. The first-order valence-electron chi connectivity index (χ1n) is 7.29. The molecule has 0 N–H and O–H groups in total. The number of para-hydroxylation sites is 1. The molecule has 3 rings (SSSR count). The van der Waals surface area contributed by atoms with Crippen molar-refractivity contribution in [3.63, 3.8) is 0 Å². The number of aromatic nitrogens is 1. The van der Waals surface area contributed by atoms with E-state index < -0.39 is 5.63 Å². The number of benzene rings is 2. The molecule has 0 aliphatic heterocycles. The molecular formula is C18H17NO3. The van der Waals surface area contributed by atoms with Gasteiger partial charge in [0.2, 0.25) is 0 Å². The maximum Gasteiger partial charge on any atom is 0.402 e. The van der Waals surface area contributed by atoms with Gasteiger partial charge in [-0.15, -0.1) is 0 Å². The molecule has 3 aromatic rings. The van der Waals surface area contributed by atoms with Gasteiger partial charge in [-0.1, -0.05) is 44.2 Å². The molecule has 0 saturated carbocycles. The Balaban J connectivity index is 2.04.